The monoisotopic (exact) mass is 488 g/mol. The Bertz CT molecular complexity index is 1210. The Morgan fingerprint density at radius 1 is 1.10 bits per heavy atom. The topological polar surface area (TPSA) is 79.9 Å². The summed E-state index contributed by atoms with van der Waals surface area (Å²) in [7, 11) is 0.811. The second-order valence-corrected chi connectivity index (χ2v) is 14.9. The highest BCUT2D eigenvalue weighted by Crippen LogP contribution is 2.28. The van der Waals surface area contributed by atoms with E-state index in [-0.39, 0.29) is 0 Å². The van der Waals surface area contributed by atoms with Crippen molar-refractivity contribution in [2.24, 2.45) is 7.05 Å². The van der Waals surface area contributed by atoms with Gasteiger partial charge < -0.3 is 14.0 Å². The lowest BCUT2D eigenvalue weighted by Crippen LogP contribution is -2.22. The first kappa shape index (κ1) is 20.9. The van der Waals surface area contributed by atoms with E-state index in [9.17, 15) is 0 Å². The molecule has 8 nitrogen and oxygen atoms in total. The lowest BCUT2D eigenvalue weighted by Gasteiger charge is -2.15. The molecule has 0 saturated heterocycles. The summed E-state index contributed by atoms with van der Waals surface area (Å²) in [6.45, 7) is 10.1. The van der Waals surface area contributed by atoms with Gasteiger partial charge in [-0.05, 0) is 35.0 Å². The summed E-state index contributed by atoms with van der Waals surface area (Å²) in [5.41, 5.74) is 3.22. The van der Waals surface area contributed by atoms with Gasteiger partial charge in [0.25, 0.3) is 0 Å². The van der Waals surface area contributed by atoms with Gasteiger partial charge in [0.15, 0.2) is 16.0 Å². The van der Waals surface area contributed by atoms with Crippen LogP contribution >= 0.6 is 15.9 Å². The van der Waals surface area contributed by atoms with Crippen LogP contribution in [0.3, 0.4) is 0 Å². The summed E-state index contributed by atoms with van der Waals surface area (Å²) in [6.07, 6.45) is 3.36. The molecule has 4 aromatic heterocycles. The van der Waals surface area contributed by atoms with E-state index in [1.54, 1.807) is 17.1 Å². The smallest absolute Gasteiger partial charge is 0.179 e. The fourth-order valence-electron chi connectivity index (χ4n) is 3.08. The van der Waals surface area contributed by atoms with Crippen LogP contribution in [0.5, 0.6) is 11.5 Å². The molecule has 0 unspecified atom stereocenters. The second kappa shape index (κ2) is 8.08. The van der Waals surface area contributed by atoms with Gasteiger partial charge in [0.05, 0.1) is 23.6 Å². The number of hydrogen-bond donors (Lipinski definition) is 0. The Kier molecular flexibility index (Phi) is 5.65. The van der Waals surface area contributed by atoms with Crippen molar-refractivity contribution in [3.05, 3.63) is 35.0 Å². The van der Waals surface area contributed by atoms with Gasteiger partial charge in [-0.2, -0.15) is 5.10 Å². The summed E-state index contributed by atoms with van der Waals surface area (Å²) >= 11 is 3.41. The predicted molar refractivity (Wildman–Crippen MR) is 123 cm³/mol. The van der Waals surface area contributed by atoms with E-state index < -0.39 is 8.07 Å². The van der Waals surface area contributed by atoms with E-state index in [0.717, 1.165) is 39.6 Å². The number of hydrogen-bond acceptors (Lipinski definition) is 6. The van der Waals surface area contributed by atoms with E-state index in [1.165, 1.54) is 0 Å². The van der Waals surface area contributed by atoms with Crippen molar-refractivity contribution < 1.29 is 9.47 Å². The summed E-state index contributed by atoms with van der Waals surface area (Å²) < 4.78 is 16.3. The highest BCUT2D eigenvalue weighted by atomic mass is 79.9. The third kappa shape index (κ3) is 4.40. The molecule has 0 fully saturated rings. The maximum atomic E-state index is 6.01. The number of aromatic nitrogens is 6. The number of nitrogens with zero attached hydrogens (tertiary/aromatic N) is 6. The Morgan fingerprint density at radius 2 is 1.83 bits per heavy atom. The van der Waals surface area contributed by atoms with Gasteiger partial charge in [-0.3, -0.25) is 0 Å². The van der Waals surface area contributed by atoms with Crippen molar-refractivity contribution in [1.29, 1.82) is 0 Å². The molecule has 0 amide bonds. The van der Waals surface area contributed by atoms with Crippen molar-refractivity contribution >= 4 is 46.2 Å². The molecule has 0 N–H and O–H groups in total. The zero-order valence-electron chi connectivity index (χ0n) is 17.8. The Hall–Kier alpha value is -2.30. The molecule has 4 heterocycles. The minimum atomic E-state index is -1.11. The number of fused-ring (bicyclic) bond motifs is 2. The van der Waals surface area contributed by atoms with Gasteiger partial charge in [0, 0.05) is 33.2 Å². The first-order chi connectivity index (χ1) is 14.2. The van der Waals surface area contributed by atoms with Crippen molar-refractivity contribution in [3.8, 4) is 11.5 Å². The molecular weight excluding hydrogens is 464 g/mol. The van der Waals surface area contributed by atoms with E-state index in [1.807, 2.05) is 30.7 Å². The molecule has 0 aliphatic carbocycles. The molecule has 0 saturated carbocycles. The fraction of sp³-hybridized carbons (Fsp3) is 0.400. The average Bonchev–Trinajstić information content (AvgIpc) is 3.15. The van der Waals surface area contributed by atoms with Crippen LogP contribution in [0.2, 0.25) is 25.7 Å². The number of ether oxygens (including phenoxy) is 2. The molecule has 0 aliphatic rings. The van der Waals surface area contributed by atoms with Gasteiger partial charge in [-0.25, -0.2) is 19.6 Å². The molecule has 0 aromatic carbocycles. The third-order valence-corrected chi connectivity index (χ3v) is 7.26. The molecule has 4 rings (SSSR count). The van der Waals surface area contributed by atoms with Crippen LogP contribution < -0.4 is 4.74 Å². The fourth-order valence-corrected chi connectivity index (χ4v) is 4.20. The van der Waals surface area contributed by atoms with E-state index >= 15 is 0 Å². The summed E-state index contributed by atoms with van der Waals surface area (Å²) in [6, 6.07) is 4.99. The SMILES string of the molecule is Cc1nn(COCC[Si](C)(C)C)c2ncc(Oc3cnc4nc(Br)n(C)c4c3)cc12. The molecule has 30 heavy (non-hydrogen) atoms. The standard InChI is InChI=1S/C20H25BrN6O2Si/c1-13-16-8-14(29-15-9-17-18(22-10-15)24-20(21)26(17)2)11-23-19(16)27(25-13)12-28-6-7-30(3,4)5/h8-11H,6-7,12H2,1-5H3. The predicted octanol–water partition coefficient (Wildman–Crippen LogP) is 4.89. The largest absolute Gasteiger partial charge is 0.454 e. The molecule has 0 atom stereocenters. The minimum Gasteiger partial charge on any atom is -0.454 e. The van der Waals surface area contributed by atoms with Crippen molar-refractivity contribution in [1.82, 2.24) is 29.3 Å². The first-order valence-corrected chi connectivity index (χ1v) is 14.3. The number of rotatable bonds is 7. The highest BCUT2D eigenvalue weighted by molar-refractivity contribution is 9.10. The van der Waals surface area contributed by atoms with Gasteiger partial charge in [-0.1, -0.05) is 19.6 Å². The lowest BCUT2D eigenvalue weighted by molar-refractivity contribution is 0.0810. The normalized spacial score (nSPS) is 12.2. The van der Waals surface area contributed by atoms with Gasteiger partial charge in [0.2, 0.25) is 0 Å². The van der Waals surface area contributed by atoms with Gasteiger partial charge >= 0.3 is 0 Å². The summed E-state index contributed by atoms with van der Waals surface area (Å²) in [5, 5.41) is 5.53. The van der Waals surface area contributed by atoms with Crippen LogP contribution in [0.1, 0.15) is 5.69 Å². The van der Waals surface area contributed by atoms with E-state index in [2.05, 4.69) is 55.6 Å². The second-order valence-electron chi connectivity index (χ2n) is 8.53. The maximum absolute atomic E-state index is 6.01. The molecule has 0 radical (unpaired) electrons. The minimum absolute atomic E-state index is 0.401. The lowest BCUT2D eigenvalue weighted by atomic mass is 10.3. The Labute approximate surface area is 184 Å². The molecule has 0 aliphatic heterocycles. The number of pyridine rings is 2. The highest BCUT2D eigenvalue weighted by Gasteiger charge is 2.14. The number of imidazole rings is 1. The molecule has 4 aromatic rings. The van der Waals surface area contributed by atoms with Crippen molar-refractivity contribution in [2.75, 3.05) is 6.61 Å². The first-order valence-electron chi connectivity index (χ1n) is 9.78. The zero-order chi connectivity index (χ0) is 21.5. The van der Waals surface area contributed by atoms with Crippen LogP contribution in [0, 0.1) is 6.92 Å². The maximum Gasteiger partial charge on any atom is 0.179 e. The Balaban J connectivity index is 1.52. The number of halogens is 1. The third-order valence-electron chi connectivity index (χ3n) is 4.85. The van der Waals surface area contributed by atoms with E-state index in [0.29, 0.717) is 23.9 Å². The molecule has 0 spiro atoms. The molecule has 0 bridgehead atoms. The number of aryl methyl sites for hydroxylation is 2. The summed E-state index contributed by atoms with van der Waals surface area (Å²) in [5.74, 6) is 1.26. The molecule has 158 valence electrons. The van der Waals surface area contributed by atoms with Crippen LogP contribution in [-0.4, -0.2) is 44.0 Å². The van der Waals surface area contributed by atoms with Crippen LogP contribution in [0.15, 0.2) is 29.3 Å². The Morgan fingerprint density at radius 3 is 2.60 bits per heavy atom. The summed E-state index contributed by atoms with van der Waals surface area (Å²) in [4.78, 5) is 13.3. The average molecular weight is 489 g/mol. The zero-order valence-corrected chi connectivity index (χ0v) is 20.4. The van der Waals surface area contributed by atoms with Gasteiger partial charge in [0.1, 0.15) is 18.2 Å². The van der Waals surface area contributed by atoms with Crippen LogP contribution in [0.25, 0.3) is 22.2 Å². The quantitative estimate of drug-likeness (QED) is 0.272. The van der Waals surface area contributed by atoms with Crippen molar-refractivity contribution in [2.45, 2.75) is 39.3 Å². The van der Waals surface area contributed by atoms with Crippen molar-refractivity contribution in [3.63, 3.8) is 0 Å². The molecule has 10 heteroatoms. The van der Waals surface area contributed by atoms with Crippen LogP contribution in [-0.2, 0) is 18.5 Å². The molecular formula is C20H25BrN6O2Si. The van der Waals surface area contributed by atoms with Gasteiger partial charge in [-0.15, -0.1) is 0 Å². The van der Waals surface area contributed by atoms with Crippen LogP contribution in [0.4, 0.5) is 0 Å². The van der Waals surface area contributed by atoms with E-state index in [4.69, 9.17) is 9.47 Å².